The summed E-state index contributed by atoms with van der Waals surface area (Å²) < 4.78 is 63.7. The second-order valence-corrected chi connectivity index (χ2v) is 8.25. The molecule has 2 fully saturated rings. The van der Waals surface area contributed by atoms with Crippen LogP contribution >= 0.6 is 0 Å². The number of carboxylic acids is 1. The van der Waals surface area contributed by atoms with Crippen molar-refractivity contribution < 1.29 is 31.5 Å². The summed E-state index contributed by atoms with van der Waals surface area (Å²) >= 11 is 0. The normalized spacial score (nSPS) is 28.3. The van der Waals surface area contributed by atoms with Crippen LogP contribution in [0, 0.1) is 17.8 Å². The molecule has 1 heterocycles. The SMILES string of the molecule is O=C(O)[C@@H]1CN(S(=O)(=O)CCC2CCCC2)C[C@H]1C(F)(F)F. The molecule has 9 heteroatoms. The summed E-state index contributed by atoms with van der Waals surface area (Å²) in [4.78, 5) is 11.0. The van der Waals surface area contributed by atoms with Crippen molar-refractivity contribution in [1.29, 1.82) is 0 Å². The van der Waals surface area contributed by atoms with Gasteiger partial charge in [-0.25, -0.2) is 12.7 Å². The van der Waals surface area contributed by atoms with E-state index >= 15 is 0 Å². The van der Waals surface area contributed by atoms with Gasteiger partial charge in [-0.05, 0) is 12.3 Å². The lowest BCUT2D eigenvalue weighted by Gasteiger charge is -2.19. The molecule has 128 valence electrons. The molecule has 2 rings (SSSR count). The van der Waals surface area contributed by atoms with E-state index in [1.807, 2.05) is 0 Å². The van der Waals surface area contributed by atoms with Crippen molar-refractivity contribution in [3.63, 3.8) is 0 Å². The first-order valence-corrected chi connectivity index (χ1v) is 8.99. The minimum absolute atomic E-state index is 0.200. The van der Waals surface area contributed by atoms with Crippen molar-refractivity contribution in [2.45, 2.75) is 38.3 Å². The molecule has 0 aromatic carbocycles. The zero-order chi connectivity index (χ0) is 16.5. The monoisotopic (exact) mass is 343 g/mol. The molecular formula is C13H20F3NO4S. The Kier molecular flexibility index (Phi) is 5.06. The molecular weight excluding hydrogens is 323 g/mol. The molecule has 2 atom stereocenters. The van der Waals surface area contributed by atoms with Gasteiger partial charge in [-0.1, -0.05) is 25.7 Å². The van der Waals surface area contributed by atoms with Crippen molar-refractivity contribution in [2.75, 3.05) is 18.8 Å². The lowest BCUT2D eigenvalue weighted by molar-refractivity contribution is -0.187. The molecule has 1 N–H and O–H groups in total. The lowest BCUT2D eigenvalue weighted by atomic mass is 9.96. The number of carbonyl (C=O) groups is 1. The van der Waals surface area contributed by atoms with Gasteiger partial charge in [0.2, 0.25) is 10.0 Å². The van der Waals surface area contributed by atoms with Crippen molar-refractivity contribution in [1.82, 2.24) is 4.31 Å². The quantitative estimate of drug-likeness (QED) is 0.829. The zero-order valence-electron chi connectivity index (χ0n) is 12.1. The Bertz CT molecular complexity index is 514. The van der Waals surface area contributed by atoms with Crippen molar-refractivity contribution in [2.24, 2.45) is 17.8 Å². The molecule has 1 saturated heterocycles. The lowest BCUT2D eigenvalue weighted by Crippen LogP contribution is -2.34. The van der Waals surface area contributed by atoms with Crippen LogP contribution in [0.4, 0.5) is 13.2 Å². The van der Waals surface area contributed by atoms with Crippen LogP contribution in [0.3, 0.4) is 0 Å². The maximum absolute atomic E-state index is 12.9. The van der Waals surface area contributed by atoms with Gasteiger partial charge >= 0.3 is 12.1 Å². The molecule has 1 aliphatic carbocycles. The highest BCUT2D eigenvalue weighted by Crippen LogP contribution is 2.39. The number of nitrogens with zero attached hydrogens (tertiary/aromatic N) is 1. The van der Waals surface area contributed by atoms with E-state index in [4.69, 9.17) is 5.11 Å². The zero-order valence-corrected chi connectivity index (χ0v) is 12.9. The van der Waals surface area contributed by atoms with Crippen LogP contribution < -0.4 is 0 Å². The van der Waals surface area contributed by atoms with Gasteiger partial charge in [0.15, 0.2) is 0 Å². The fourth-order valence-electron chi connectivity index (χ4n) is 3.32. The second kappa shape index (κ2) is 6.35. The van der Waals surface area contributed by atoms with Gasteiger partial charge in [-0.15, -0.1) is 0 Å². The van der Waals surface area contributed by atoms with Crippen LogP contribution in [-0.4, -0.2) is 48.8 Å². The summed E-state index contributed by atoms with van der Waals surface area (Å²) in [6.07, 6.45) is -0.236. The smallest absolute Gasteiger partial charge is 0.393 e. The third-order valence-electron chi connectivity index (χ3n) is 4.68. The third-order valence-corrected chi connectivity index (χ3v) is 6.51. The molecule has 0 radical (unpaired) electrons. The fraction of sp³-hybridized carbons (Fsp3) is 0.923. The van der Waals surface area contributed by atoms with E-state index in [1.54, 1.807) is 0 Å². The van der Waals surface area contributed by atoms with Crippen LogP contribution in [0.2, 0.25) is 0 Å². The molecule has 1 saturated carbocycles. The number of hydrogen-bond donors (Lipinski definition) is 1. The maximum atomic E-state index is 12.9. The average Bonchev–Trinajstić information content (AvgIpc) is 3.05. The third kappa shape index (κ3) is 3.92. The predicted molar refractivity (Wildman–Crippen MR) is 72.6 cm³/mol. The van der Waals surface area contributed by atoms with Gasteiger partial charge in [-0.3, -0.25) is 4.79 Å². The topological polar surface area (TPSA) is 74.7 Å². The van der Waals surface area contributed by atoms with Gasteiger partial charge in [0.05, 0.1) is 17.6 Å². The van der Waals surface area contributed by atoms with Crippen molar-refractivity contribution in [3.05, 3.63) is 0 Å². The van der Waals surface area contributed by atoms with E-state index in [0.717, 1.165) is 25.7 Å². The Morgan fingerprint density at radius 2 is 1.77 bits per heavy atom. The van der Waals surface area contributed by atoms with E-state index in [1.165, 1.54) is 0 Å². The average molecular weight is 343 g/mol. The Morgan fingerprint density at radius 3 is 2.23 bits per heavy atom. The Balaban J connectivity index is 2.03. The fourth-order valence-corrected chi connectivity index (χ4v) is 4.99. The van der Waals surface area contributed by atoms with Crippen LogP contribution in [-0.2, 0) is 14.8 Å². The number of rotatable bonds is 5. The molecule has 0 aromatic heterocycles. The van der Waals surface area contributed by atoms with E-state index in [9.17, 15) is 26.4 Å². The number of aliphatic carboxylic acids is 1. The van der Waals surface area contributed by atoms with Crippen LogP contribution in [0.1, 0.15) is 32.1 Å². The van der Waals surface area contributed by atoms with Gasteiger partial charge in [-0.2, -0.15) is 13.2 Å². The number of hydrogen-bond acceptors (Lipinski definition) is 3. The highest BCUT2D eigenvalue weighted by Gasteiger charge is 2.54. The Morgan fingerprint density at radius 1 is 1.18 bits per heavy atom. The highest BCUT2D eigenvalue weighted by atomic mass is 32.2. The first-order chi connectivity index (χ1) is 10.1. The molecule has 0 bridgehead atoms. The van der Waals surface area contributed by atoms with Gasteiger partial charge < -0.3 is 5.11 Å². The molecule has 0 spiro atoms. The minimum Gasteiger partial charge on any atom is -0.481 e. The number of sulfonamides is 1. The Labute approximate surface area is 127 Å². The molecule has 0 amide bonds. The largest absolute Gasteiger partial charge is 0.481 e. The summed E-state index contributed by atoms with van der Waals surface area (Å²) in [5.74, 6) is -5.34. The van der Waals surface area contributed by atoms with Gasteiger partial charge in [0.1, 0.15) is 0 Å². The maximum Gasteiger partial charge on any atom is 0.393 e. The summed E-state index contributed by atoms with van der Waals surface area (Å²) in [5, 5.41) is 8.91. The first-order valence-electron chi connectivity index (χ1n) is 7.38. The van der Waals surface area contributed by atoms with E-state index in [2.05, 4.69) is 0 Å². The van der Waals surface area contributed by atoms with Crippen LogP contribution in [0.25, 0.3) is 0 Å². The number of halogens is 3. The molecule has 5 nitrogen and oxygen atoms in total. The Hall–Kier alpha value is -0.830. The highest BCUT2D eigenvalue weighted by molar-refractivity contribution is 7.89. The molecule has 2 aliphatic rings. The molecule has 0 aromatic rings. The van der Waals surface area contributed by atoms with E-state index in [0.29, 0.717) is 16.6 Å². The number of alkyl halides is 3. The molecule has 1 aliphatic heterocycles. The number of carboxylic acid groups (broad SMARTS) is 1. The standard InChI is InChI=1S/C13H20F3NO4S/c14-13(15,16)11-8-17(7-10(11)12(18)19)22(20,21)6-5-9-3-1-2-4-9/h9-11H,1-8H2,(H,18,19)/t10-,11-/m1/s1. The predicted octanol–water partition coefficient (Wildman–Crippen LogP) is 2.09. The molecule has 0 unspecified atom stereocenters. The van der Waals surface area contributed by atoms with Gasteiger partial charge in [0, 0.05) is 13.1 Å². The molecule has 22 heavy (non-hydrogen) atoms. The first kappa shape index (κ1) is 17.5. The van der Waals surface area contributed by atoms with Crippen LogP contribution in [0.15, 0.2) is 0 Å². The summed E-state index contributed by atoms with van der Waals surface area (Å²) in [7, 11) is -3.84. The van der Waals surface area contributed by atoms with Gasteiger partial charge in [0.25, 0.3) is 0 Å². The van der Waals surface area contributed by atoms with E-state index < -0.39 is 47.1 Å². The second-order valence-electron chi connectivity index (χ2n) is 6.16. The van der Waals surface area contributed by atoms with Crippen LogP contribution in [0.5, 0.6) is 0 Å². The minimum atomic E-state index is -4.71. The van der Waals surface area contributed by atoms with Crippen molar-refractivity contribution in [3.8, 4) is 0 Å². The summed E-state index contributed by atoms with van der Waals surface area (Å²) in [5.41, 5.74) is 0. The van der Waals surface area contributed by atoms with Crippen molar-refractivity contribution >= 4 is 16.0 Å². The summed E-state index contributed by atoms with van der Waals surface area (Å²) in [6, 6.07) is 0. The van der Waals surface area contributed by atoms with E-state index in [-0.39, 0.29) is 5.75 Å². The summed E-state index contributed by atoms with van der Waals surface area (Å²) in [6.45, 7) is -1.38.